The minimum absolute atomic E-state index is 0.0201. The summed E-state index contributed by atoms with van der Waals surface area (Å²) in [7, 11) is 0. The van der Waals surface area contributed by atoms with Gasteiger partial charge in [0.15, 0.2) is 0 Å². The molecule has 3 nitrogen and oxygen atoms in total. The van der Waals surface area contributed by atoms with E-state index in [2.05, 4.69) is 18.7 Å². The molecule has 1 saturated heterocycles. The van der Waals surface area contributed by atoms with Crippen LogP contribution >= 0.6 is 24.0 Å². The lowest BCUT2D eigenvalue weighted by molar-refractivity contribution is -0.135. The standard InChI is InChI=1S/C15H18N2OS2/c1-10(9-19)15(18)17-8-4-6-12(17)14-16-11-5-2-3-7-13(11)20-14/h2-3,5,7,10,12,19H,4,6,8-9H2,1H3/t10-,12-/m1/s1. The number of rotatable bonds is 3. The Bertz CT molecular complexity index is 592. The Balaban J connectivity index is 1.90. The summed E-state index contributed by atoms with van der Waals surface area (Å²) in [6.07, 6.45) is 2.08. The number of para-hydroxylation sites is 1. The predicted octanol–water partition coefficient (Wildman–Crippen LogP) is 3.53. The Labute approximate surface area is 128 Å². The van der Waals surface area contributed by atoms with E-state index in [4.69, 9.17) is 4.98 Å². The van der Waals surface area contributed by atoms with Gasteiger partial charge in [0.05, 0.1) is 16.3 Å². The molecule has 1 fully saturated rings. The van der Waals surface area contributed by atoms with Crippen molar-refractivity contribution in [2.45, 2.75) is 25.8 Å². The zero-order chi connectivity index (χ0) is 14.1. The quantitative estimate of drug-likeness (QED) is 0.880. The van der Waals surface area contributed by atoms with Gasteiger partial charge >= 0.3 is 0 Å². The molecule has 3 rings (SSSR count). The number of hydrogen-bond acceptors (Lipinski definition) is 4. The van der Waals surface area contributed by atoms with E-state index in [0.717, 1.165) is 29.9 Å². The van der Waals surface area contributed by atoms with Crippen LogP contribution < -0.4 is 0 Å². The van der Waals surface area contributed by atoms with Crippen LogP contribution in [0, 0.1) is 5.92 Å². The highest BCUT2D eigenvalue weighted by Gasteiger charge is 2.33. The van der Waals surface area contributed by atoms with Crippen LogP contribution in [0.3, 0.4) is 0 Å². The largest absolute Gasteiger partial charge is 0.333 e. The van der Waals surface area contributed by atoms with E-state index in [1.165, 1.54) is 4.70 Å². The number of hydrogen-bond donors (Lipinski definition) is 1. The van der Waals surface area contributed by atoms with E-state index in [-0.39, 0.29) is 17.9 Å². The van der Waals surface area contributed by atoms with E-state index in [1.807, 2.05) is 30.0 Å². The summed E-state index contributed by atoms with van der Waals surface area (Å²) in [6.45, 7) is 2.79. The summed E-state index contributed by atoms with van der Waals surface area (Å²) in [4.78, 5) is 19.1. The van der Waals surface area contributed by atoms with Crippen molar-refractivity contribution in [3.05, 3.63) is 29.3 Å². The van der Waals surface area contributed by atoms with E-state index in [9.17, 15) is 4.79 Å². The Morgan fingerprint density at radius 1 is 1.55 bits per heavy atom. The van der Waals surface area contributed by atoms with Gasteiger partial charge in [-0.2, -0.15) is 12.6 Å². The van der Waals surface area contributed by atoms with Gasteiger partial charge in [-0.3, -0.25) is 4.79 Å². The molecule has 20 heavy (non-hydrogen) atoms. The van der Waals surface area contributed by atoms with E-state index < -0.39 is 0 Å². The van der Waals surface area contributed by atoms with Crippen LogP contribution in [-0.4, -0.2) is 28.1 Å². The van der Waals surface area contributed by atoms with Crippen molar-refractivity contribution in [3.63, 3.8) is 0 Å². The summed E-state index contributed by atoms with van der Waals surface area (Å²) < 4.78 is 1.20. The van der Waals surface area contributed by atoms with Crippen molar-refractivity contribution in [1.82, 2.24) is 9.88 Å². The molecule has 0 radical (unpaired) electrons. The maximum atomic E-state index is 12.4. The van der Waals surface area contributed by atoms with Gasteiger partial charge in [-0.05, 0) is 25.0 Å². The summed E-state index contributed by atoms with van der Waals surface area (Å²) in [5.41, 5.74) is 1.04. The number of aromatic nitrogens is 1. The van der Waals surface area contributed by atoms with Crippen molar-refractivity contribution >= 4 is 40.1 Å². The highest BCUT2D eigenvalue weighted by molar-refractivity contribution is 7.80. The molecule has 2 heterocycles. The summed E-state index contributed by atoms with van der Waals surface area (Å²) >= 11 is 5.96. The molecular weight excluding hydrogens is 288 g/mol. The zero-order valence-corrected chi connectivity index (χ0v) is 13.2. The van der Waals surface area contributed by atoms with Gasteiger partial charge in [0.1, 0.15) is 5.01 Å². The lowest BCUT2D eigenvalue weighted by atomic mass is 10.1. The Morgan fingerprint density at radius 3 is 3.10 bits per heavy atom. The molecule has 1 aromatic heterocycles. The topological polar surface area (TPSA) is 33.2 Å². The number of carbonyl (C=O) groups is 1. The first-order valence-corrected chi connectivity index (χ1v) is 8.42. The molecule has 1 aliphatic rings. The smallest absolute Gasteiger partial charge is 0.226 e. The van der Waals surface area contributed by atoms with Crippen LogP contribution in [0.1, 0.15) is 30.8 Å². The Kier molecular flexibility index (Phi) is 3.98. The van der Waals surface area contributed by atoms with Crippen LogP contribution in [-0.2, 0) is 4.79 Å². The number of benzene rings is 1. The van der Waals surface area contributed by atoms with Gasteiger partial charge in [0.2, 0.25) is 5.91 Å². The molecule has 2 aromatic rings. The summed E-state index contributed by atoms with van der Waals surface area (Å²) in [5, 5.41) is 1.07. The second-order valence-electron chi connectivity index (χ2n) is 5.29. The molecular formula is C15H18N2OS2. The first-order valence-electron chi connectivity index (χ1n) is 6.97. The van der Waals surface area contributed by atoms with Gasteiger partial charge in [0, 0.05) is 18.2 Å². The number of carbonyl (C=O) groups excluding carboxylic acids is 1. The van der Waals surface area contributed by atoms with Crippen molar-refractivity contribution in [1.29, 1.82) is 0 Å². The minimum Gasteiger partial charge on any atom is -0.333 e. The normalized spacial score (nSPS) is 20.5. The molecule has 0 spiro atoms. The van der Waals surface area contributed by atoms with Crippen molar-refractivity contribution in [2.24, 2.45) is 5.92 Å². The van der Waals surface area contributed by atoms with Crippen LogP contribution in [0.15, 0.2) is 24.3 Å². The van der Waals surface area contributed by atoms with E-state index >= 15 is 0 Å². The van der Waals surface area contributed by atoms with Crippen LogP contribution in [0.4, 0.5) is 0 Å². The fourth-order valence-electron chi connectivity index (χ4n) is 2.68. The van der Waals surface area contributed by atoms with Gasteiger partial charge in [-0.25, -0.2) is 4.98 Å². The van der Waals surface area contributed by atoms with Crippen LogP contribution in [0.2, 0.25) is 0 Å². The third-order valence-electron chi connectivity index (χ3n) is 3.83. The SMILES string of the molecule is C[C@H](CS)C(=O)N1CCC[C@@H]1c1nc2ccccc2s1. The lowest BCUT2D eigenvalue weighted by Crippen LogP contribution is -2.35. The molecule has 1 aromatic carbocycles. The maximum Gasteiger partial charge on any atom is 0.226 e. The Hall–Kier alpha value is -1.07. The monoisotopic (exact) mass is 306 g/mol. The molecule has 0 aliphatic carbocycles. The molecule has 106 valence electrons. The second-order valence-corrected chi connectivity index (χ2v) is 6.72. The number of amides is 1. The minimum atomic E-state index is -0.0201. The first kappa shape index (κ1) is 13.9. The number of likely N-dealkylation sites (tertiary alicyclic amines) is 1. The third kappa shape index (κ3) is 2.44. The fraction of sp³-hybridized carbons (Fsp3) is 0.467. The highest BCUT2D eigenvalue weighted by atomic mass is 32.1. The third-order valence-corrected chi connectivity index (χ3v) is 5.51. The molecule has 2 atom stereocenters. The molecule has 0 saturated carbocycles. The summed E-state index contributed by atoms with van der Waals surface area (Å²) in [6, 6.07) is 8.32. The highest BCUT2D eigenvalue weighted by Crippen LogP contribution is 2.37. The Morgan fingerprint density at radius 2 is 2.35 bits per heavy atom. The van der Waals surface area contributed by atoms with Gasteiger partial charge in [-0.15, -0.1) is 11.3 Å². The molecule has 1 aliphatic heterocycles. The summed E-state index contributed by atoms with van der Waals surface area (Å²) in [5.74, 6) is 0.789. The fourth-order valence-corrected chi connectivity index (χ4v) is 3.95. The molecule has 5 heteroatoms. The van der Waals surface area contributed by atoms with Gasteiger partial charge < -0.3 is 4.90 Å². The number of nitrogens with zero attached hydrogens (tertiary/aromatic N) is 2. The van der Waals surface area contributed by atoms with Gasteiger partial charge in [0.25, 0.3) is 0 Å². The molecule has 0 unspecified atom stereocenters. The zero-order valence-electron chi connectivity index (χ0n) is 11.5. The van der Waals surface area contributed by atoms with Crippen LogP contribution in [0.25, 0.3) is 10.2 Å². The van der Waals surface area contributed by atoms with Crippen LogP contribution in [0.5, 0.6) is 0 Å². The number of thiol groups is 1. The van der Waals surface area contributed by atoms with Crippen molar-refractivity contribution in [2.75, 3.05) is 12.3 Å². The van der Waals surface area contributed by atoms with Gasteiger partial charge in [-0.1, -0.05) is 19.1 Å². The number of fused-ring (bicyclic) bond motifs is 1. The predicted molar refractivity (Wildman–Crippen MR) is 86.3 cm³/mol. The molecule has 1 amide bonds. The molecule has 0 N–H and O–H groups in total. The van der Waals surface area contributed by atoms with Crippen molar-refractivity contribution in [3.8, 4) is 0 Å². The van der Waals surface area contributed by atoms with Crippen molar-refractivity contribution < 1.29 is 4.79 Å². The lowest BCUT2D eigenvalue weighted by Gasteiger charge is -2.25. The van der Waals surface area contributed by atoms with E-state index in [0.29, 0.717) is 5.75 Å². The first-order chi connectivity index (χ1) is 9.70. The maximum absolute atomic E-state index is 12.4. The molecule has 0 bridgehead atoms. The second kappa shape index (κ2) is 5.74. The average Bonchev–Trinajstić information content (AvgIpc) is 3.10. The number of thiazole rings is 1. The average molecular weight is 306 g/mol. The van der Waals surface area contributed by atoms with E-state index in [1.54, 1.807) is 11.3 Å².